The second-order valence-electron chi connectivity index (χ2n) is 3.78. The number of H-pyrrole nitrogens is 1. The van der Waals surface area contributed by atoms with Crippen molar-refractivity contribution in [2.75, 3.05) is 5.75 Å². The Morgan fingerprint density at radius 2 is 2.50 bits per heavy atom. The van der Waals surface area contributed by atoms with Crippen molar-refractivity contribution in [1.82, 2.24) is 25.4 Å². The molecule has 2 amide bonds. The van der Waals surface area contributed by atoms with E-state index in [0.717, 1.165) is 0 Å². The number of nitrogens with zero attached hydrogens (tertiary/aromatic N) is 3. The fourth-order valence-electron chi connectivity index (χ4n) is 1.71. The number of hydrogen-bond donors (Lipinski definition) is 3. The Hall–Kier alpha value is -1.77. The molecule has 2 heterocycles. The molecule has 0 bridgehead atoms. The van der Waals surface area contributed by atoms with Crippen molar-refractivity contribution in [3.05, 3.63) is 12.2 Å². The lowest BCUT2D eigenvalue weighted by Gasteiger charge is -2.24. The summed E-state index contributed by atoms with van der Waals surface area (Å²) in [4.78, 5) is 28.2. The Kier molecular flexibility index (Phi) is 3.70. The van der Waals surface area contributed by atoms with Gasteiger partial charge in [0.05, 0.1) is 11.9 Å². The number of aromatic nitrogens is 3. The SMILES string of the molecule is CC1SCC(C(=O)O)N1C(=O)NCc1ncn[nH]1. The van der Waals surface area contributed by atoms with Crippen LogP contribution >= 0.6 is 11.8 Å². The molecule has 1 aliphatic rings. The molecule has 1 saturated heterocycles. The fourth-order valence-corrected chi connectivity index (χ4v) is 2.88. The zero-order chi connectivity index (χ0) is 13.1. The van der Waals surface area contributed by atoms with Gasteiger partial charge in [-0.15, -0.1) is 11.8 Å². The van der Waals surface area contributed by atoms with Crippen LogP contribution in [0.5, 0.6) is 0 Å². The molecule has 98 valence electrons. The Morgan fingerprint density at radius 3 is 3.11 bits per heavy atom. The maximum absolute atomic E-state index is 11.9. The summed E-state index contributed by atoms with van der Waals surface area (Å²) in [6.07, 6.45) is 1.34. The molecule has 18 heavy (non-hydrogen) atoms. The Balaban J connectivity index is 1.96. The van der Waals surface area contributed by atoms with Crippen LogP contribution in [0, 0.1) is 0 Å². The first kappa shape index (κ1) is 12.7. The predicted molar refractivity (Wildman–Crippen MR) is 63.8 cm³/mol. The molecule has 8 nitrogen and oxygen atoms in total. The average Bonchev–Trinajstić information content (AvgIpc) is 2.94. The van der Waals surface area contributed by atoms with Crippen molar-refractivity contribution in [3.8, 4) is 0 Å². The van der Waals surface area contributed by atoms with Crippen LogP contribution in [0.4, 0.5) is 4.79 Å². The number of carbonyl (C=O) groups excluding carboxylic acids is 1. The molecule has 2 rings (SSSR count). The maximum Gasteiger partial charge on any atom is 0.327 e. The average molecular weight is 271 g/mol. The van der Waals surface area contributed by atoms with Gasteiger partial charge in [0.2, 0.25) is 0 Å². The first-order chi connectivity index (χ1) is 8.59. The summed E-state index contributed by atoms with van der Waals surface area (Å²) in [6.45, 7) is 2.00. The second-order valence-corrected chi connectivity index (χ2v) is 5.13. The van der Waals surface area contributed by atoms with Gasteiger partial charge in [-0.25, -0.2) is 14.6 Å². The predicted octanol–water partition coefficient (Wildman–Crippen LogP) is -0.138. The lowest BCUT2D eigenvalue weighted by molar-refractivity contribution is -0.141. The van der Waals surface area contributed by atoms with Gasteiger partial charge in [0, 0.05) is 5.75 Å². The number of aromatic amines is 1. The molecule has 1 aromatic heterocycles. The van der Waals surface area contributed by atoms with E-state index in [1.54, 1.807) is 0 Å². The minimum atomic E-state index is -0.985. The lowest BCUT2D eigenvalue weighted by atomic mass is 10.3. The van der Waals surface area contributed by atoms with Crippen LogP contribution in [0.25, 0.3) is 0 Å². The molecule has 1 aliphatic heterocycles. The quantitative estimate of drug-likeness (QED) is 0.705. The van der Waals surface area contributed by atoms with Crippen LogP contribution in [0.15, 0.2) is 6.33 Å². The topological polar surface area (TPSA) is 111 Å². The van der Waals surface area contributed by atoms with Crippen LogP contribution in [0.2, 0.25) is 0 Å². The molecular weight excluding hydrogens is 258 g/mol. The zero-order valence-electron chi connectivity index (χ0n) is 9.66. The number of carboxylic acids is 1. The number of carbonyl (C=O) groups is 2. The minimum absolute atomic E-state index is 0.152. The number of thioether (sulfide) groups is 1. The summed E-state index contributed by atoms with van der Waals surface area (Å²) in [5.41, 5.74) is 0. The number of urea groups is 1. The van der Waals surface area contributed by atoms with E-state index in [9.17, 15) is 9.59 Å². The Labute approximate surface area is 107 Å². The number of nitrogens with one attached hydrogen (secondary N) is 2. The van der Waals surface area contributed by atoms with Crippen LogP contribution in [-0.4, -0.2) is 54.4 Å². The molecule has 9 heteroatoms. The van der Waals surface area contributed by atoms with Gasteiger partial charge in [-0.2, -0.15) is 5.10 Å². The molecular formula is C9H13N5O3S. The molecule has 3 N–H and O–H groups in total. The van der Waals surface area contributed by atoms with E-state index in [1.807, 2.05) is 6.92 Å². The number of hydrogen-bond acceptors (Lipinski definition) is 5. The fraction of sp³-hybridized carbons (Fsp3) is 0.556. The van der Waals surface area contributed by atoms with Gasteiger partial charge in [-0.3, -0.25) is 10.00 Å². The largest absolute Gasteiger partial charge is 0.480 e. The molecule has 0 spiro atoms. The molecule has 2 unspecified atom stereocenters. The summed E-state index contributed by atoms with van der Waals surface area (Å²) in [5.74, 6) is -0.0527. The number of carboxylic acid groups (broad SMARTS) is 1. The second kappa shape index (κ2) is 5.25. The molecule has 1 fully saturated rings. The molecule has 0 radical (unpaired) electrons. The number of aliphatic carboxylic acids is 1. The molecule has 1 aromatic rings. The minimum Gasteiger partial charge on any atom is -0.480 e. The van der Waals surface area contributed by atoms with Gasteiger partial charge in [-0.1, -0.05) is 0 Å². The highest BCUT2D eigenvalue weighted by Gasteiger charge is 2.39. The standard InChI is InChI=1S/C9H13N5O3S/c1-5-14(6(3-18-5)8(15)16)9(17)10-2-7-11-4-12-13-7/h4-6H,2-3H2,1H3,(H,10,17)(H,15,16)(H,11,12,13). The van der Waals surface area contributed by atoms with Gasteiger partial charge in [0.25, 0.3) is 0 Å². The van der Waals surface area contributed by atoms with Crippen LogP contribution in [0.1, 0.15) is 12.7 Å². The summed E-state index contributed by atoms with van der Waals surface area (Å²) >= 11 is 1.44. The highest BCUT2D eigenvalue weighted by atomic mass is 32.2. The molecule has 0 saturated carbocycles. The zero-order valence-corrected chi connectivity index (χ0v) is 10.5. The van der Waals surface area contributed by atoms with Crippen molar-refractivity contribution in [2.45, 2.75) is 24.9 Å². The molecule has 0 aromatic carbocycles. The Bertz CT molecular complexity index is 437. The smallest absolute Gasteiger partial charge is 0.327 e. The summed E-state index contributed by atoms with van der Waals surface area (Å²) in [5, 5.41) is 17.8. The highest BCUT2D eigenvalue weighted by molar-refractivity contribution is 8.00. The van der Waals surface area contributed by atoms with Gasteiger partial charge in [0.15, 0.2) is 0 Å². The number of rotatable bonds is 3. The van der Waals surface area contributed by atoms with E-state index in [-0.39, 0.29) is 11.9 Å². The van der Waals surface area contributed by atoms with Crippen molar-refractivity contribution < 1.29 is 14.7 Å². The van der Waals surface area contributed by atoms with Crippen molar-refractivity contribution in [1.29, 1.82) is 0 Å². The monoisotopic (exact) mass is 271 g/mol. The molecule has 0 aliphatic carbocycles. The van der Waals surface area contributed by atoms with Crippen LogP contribution < -0.4 is 5.32 Å². The van der Waals surface area contributed by atoms with Crippen LogP contribution in [0.3, 0.4) is 0 Å². The van der Waals surface area contributed by atoms with Gasteiger partial charge < -0.3 is 10.4 Å². The normalized spacial score (nSPS) is 23.1. The van der Waals surface area contributed by atoms with E-state index >= 15 is 0 Å². The lowest BCUT2D eigenvalue weighted by Crippen LogP contribution is -2.49. The van der Waals surface area contributed by atoms with Gasteiger partial charge >= 0.3 is 12.0 Å². The van der Waals surface area contributed by atoms with E-state index < -0.39 is 18.0 Å². The third-order valence-corrected chi connectivity index (χ3v) is 3.83. The van der Waals surface area contributed by atoms with Crippen LogP contribution in [-0.2, 0) is 11.3 Å². The van der Waals surface area contributed by atoms with Gasteiger partial charge in [0.1, 0.15) is 18.2 Å². The van der Waals surface area contributed by atoms with Gasteiger partial charge in [-0.05, 0) is 6.92 Å². The maximum atomic E-state index is 11.9. The third-order valence-electron chi connectivity index (χ3n) is 2.61. The van der Waals surface area contributed by atoms with E-state index in [0.29, 0.717) is 11.6 Å². The Morgan fingerprint density at radius 1 is 1.72 bits per heavy atom. The number of amides is 2. The first-order valence-corrected chi connectivity index (χ1v) is 6.39. The molecule has 2 atom stereocenters. The van der Waals surface area contributed by atoms with Crippen molar-refractivity contribution in [2.24, 2.45) is 0 Å². The highest BCUT2D eigenvalue weighted by Crippen LogP contribution is 2.28. The first-order valence-electron chi connectivity index (χ1n) is 5.34. The van der Waals surface area contributed by atoms with Crippen molar-refractivity contribution >= 4 is 23.8 Å². The van der Waals surface area contributed by atoms with E-state index in [4.69, 9.17) is 5.11 Å². The summed E-state index contributed by atoms with van der Waals surface area (Å²) < 4.78 is 0. The van der Waals surface area contributed by atoms with E-state index in [1.165, 1.54) is 23.0 Å². The summed E-state index contributed by atoms with van der Waals surface area (Å²) in [6, 6.07) is -1.18. The van der Waals surface area contributed by atoms with Crippen molar-refractivity contribution in [3.63, 3.8) is 0 Å². The summed E-state index contributed by atoms with van der Waals surface area (Å²) in [7, 11) is 0. The van der Waals surface area contributed by atoms with E-state index in [2.05, 4.69) is 20.5 Å². The third kappa shape index (κ3) is 2.55.